The molecule has 5 nitrogen and oxygen atoms in total. The van der Waals surface area contributed by atoms with Crippen LogP contribution in [0.25, 0.3) is 11.1 Å². The van der Waals surface area contributed by atoms with Gasteiger partial charge in [0.05, 0.1) is 17.5 Å². The maximum Gasteiger partial charge on any atom is 0.231 e. The van der Waals surface area contributed by atoms with E-state index < -0.39 is 17.6 Å². The number of amidine groups is 1. The molecule has 0 spiro atoms. The molecule has 0 bridgehead atoms. The average molecular weight is 476 g/mol. The van der Waals surface area contributed by atoms with Crippen LogP contribution in [0.3, 0.4) is 0 Å². The molecular formula is C31H29N3O2. The Morgan fingerprint density at radius 2 is 1.67 bits per heavy atom. The summed E-state index contributed by atoms with van der Waals surface area (Å²) < 4.78 is 0. The van der Waals surface area contributed by atoms with Crippen molar-refractivity contribution in [3.05, 3.63) is 107 Å². The van der Waals surface area contributed by atoms with Crippen molar-refractivity contribution in [1.29, 1.82) is 5.26 Å². The Balaban J connectivity index is 1.67. The van der Waals surface area contributed by atoms with Gasteiger partial charge in [-0.2, -0.15) is 5.26 Å². The van der Waals surface area contributed by atoms with Crippen LogP contribution in [-0.2, 0) is 11.2 Å². The highest BCUT2D eigenvalue weighted by Crippen LogP contribution is 2.28. The van der Waals surface area contributed by atoms with Crippen LogP contribution in [0.5, 0.6) is 0 Å². The summed E-state index contributed by atoms with van der Waals surface area (Å²) in [4.78, 5) is 31.2. The molecule has 1 unspecified atom stereocenters. The van der Waals surface area contributed by atoms with E-state index in [0.717, 1.165) is 47.2 Å². The second-order valence-corrected chi connectivity index (χ2v) is 8.94. The molecule has 1 atom stereocenters. The fourth-order valence-corrected chi connectivity index (χ4v) is 4.47. The largest absolute Gasteiger partial charge is 0.360 e. The van der Waals surface area contributed by atoms with Crippen LogP contribution in [0, 0.1) is 11.3 Å². The number of ketones is 2. The Morgan fingerprint density at radius 1 is 0.972 bits per heavy atom. The van der Waals surface area contributed by atoms with E-state index in [2.05, 4.69) is 18.3 Å². The predicted octanol–water partition coefficient (Wildman–Crippen LogP) is 6.05. The van der Waals surface area contributed by atoms with Crippen LogP contribution < -0.4 is 5.32 Å². The van der Waals surface area contributed by atoms with Crippen LogP contribution in [0.15, 0.2) is 95.1 Å². The Morgan fingerprint density at radius 3 is 2.36 bits per heavy atom. The number of rotatable bonds is 9. The normalized spacial score (nSPS) is 15.0. The summed E-state index contributed by atoms with van der Waals surface area (Å²) in [6, 6.07) is 25.7. The first kappa shape index (κ1) is 24.8. The summed E-state index contributed by atoms with van der Waals surface area (Å²) in [7, 11) is 0. The molecule has 1 heterocycles. The van der Waals surface area contributed by atoms with Gasteiger partial charge in [0, 0.05) is 11.3 Å². The standard InChI is InChI=1S/C31H29N3O2/c1-3-4-14-28-27(19-22-15-17-23(18-16-22)26-13-9-8-12-25(26)20-32)29(34-21(2)33-28)31(36)30(35)24-10-6-5-7-11-24/h5-13,15-18,29H,3-4,14,19H2,1-2H3,(H,33,34). The molecule has 1 N–H and O–H groups in total. The van der Waals surface area contributed by atoms with Crippen molar-refractivity contribution in [2.45, 2.75) is 45.6 Å². The smallest absolute Gasteiger partial charge is 0.231 e. The Bertz CT molecular complexity index is 1360. The molecule has 0 aliphatic carbocycles. The first-order valence-electron chi connectivity index (χ1n) is 12.3. The molecule has 3 aromatic rings. The molecule has 3 aromatic carbocycles. The summed E-state index contributed by atoms with van der Waals surface area (Å²) in [5, 5.41) is 12.6. The van der Waals surface area contributed by atoms with Crippen molar-refractivity contribution in [3.63, 3.8) is 0 Å². The first-order valence-corrected chi connectivity index (χ1v) is 12.3. The maximum atomic E-state index is 13.4. The number of carbonyl (C=O) groups is 2. The molecule has 0 saturated heterocycles. The third-order valence-electron chi connectivity index (χ3n) is 6.37. The minimum Gasteiger partial charge on any atom is -0.360 e. The van der Waals surface area contributed by atoms with Gasteiger partial charge >= 0.3 is 0 Å². The monoisotopic (exact) mass is 475 g/mol. The van der Waals surface area contributed by atoms with E-state index in [-0.39, 0.29) is 0 Å². The van der Waals surface area contributed by atoms with E-state index in [4.69, 9.17) is 4.99 Å². The molecule has 5 heteroatoms. The SMILES string of the molecule is CCCCC1=C(Cc2ccc(-c3ccccc3C#N)cc2)C(C(=O)C(=O)c2ccccc2)NC(C)=N1. The molecule has 36 heavy (non-hydrogen) atoms. The summed E-state index contributed by atoms with van der Waals surface area (Å²) in [5.74, 6) is -0.329. The van der Waals surface area contributed by atoms with E-state index in [1.54, 1.807) is 24.3 Å². The van der Waals surface area contributed by atoms with Gasteiger partial charge in [-0.3, -0.25) is 9.59 Å². The second-order valence-electron chi connectivity index (χ2n) is 8.94. The lowest BCUT2D eigenvalue weighted by Gasteiger charge is -2.28. The minimum absolute atomic E-state index is 0.388. The van der Waals surface area contributed by atoms with E-state index >= 15 is 0 Å². The number of aliphatic imine (C=N–C) groups is 1. The third kappa shape index (κ3) is 5.50. The number of nitrogens with one attached hydrogen (secondary N) is 1. The van der Waals surface area contributed by atoms with Crippen LogP contribution in [0.1, 0.15) is 54.6 Å². The number of hydrogen-bond donors (Lipinski definition) is 1. The van der Waals surface area contributed by atoms with Gasteiger partial charge in [0.15, 0.2) is 0 Å². The van der Waals surface area contributed by atoms with Crippen molar-refractivity contribution in [2.24, 2.45) is 4.99 Å². The van der Waals surface area contributed by atoms with E-state index in [0.29, 0.717) is 23.4 Å². The number of allylic oxidation sites excluding steroid dienone is 1. The van der Waals surface area contributed by atoms with Crippen LogP contribution in [0.2, 0.25) is 0 Å². The maximum absolute atomic E-state index is 13.4. The Hall–Kier alpha value is -4.30. The fraction of sp³-hybridized carbons (Fsp3) is 0.226. The molecule has 0 radical (unpaired) electrons. The predicted molar refractivity (Wildman–Crippen MR) is 143 cm³/mol. The average Bonchev–Trinajstić information content (AvgIpc) is 2.93. The van der Waals surface area contributed by atoms with Gasteiger partial charge in [-0.1, -0.05) is 86.1 Å². The van der Waals surface area contributed by atoms with Gasteiger partial charge in [-0.05, 0) is 54.5 Å². The Kier molecular flexibility index (Phi) is 7.87. The van der Waals surface area contributed by atoms with Crippen molar-refractivity contribution >= 4 is 17.4 Å². The molecule has 4 rings (SSSR count). The number of nitrogens with zero attached hydrogens (tertiary/aromatic N) is 2. The van der Waals surface area contributed by atoms with E-state index in [1.165, 1.54) is 0 Å². The van der Waals surface area contributed by atoms with Gasteiger partial charge < -0.3 is 5.32 Å². The zero-order valence-corrected chi connectivity index (χ0v) is 20.6. The van der Waals surface area contributed by atoms with E-state index in [1.807, 2.05) is 61.5 Å². The van der Waals surface area contributed by atoms with Crippen molar-refractivity contribution in [1.82, 2.24) is 5.32 Å². The van der Waals surface area contributed by atoms with Crippen molar-refractivity contribution < 1.29 is 9.59 Å². The number of carbonyl (C=O) groups excluding carboxylic acids is 2. The molecule has 1 aliphatic rings. The van der Waals surface area contributed by atoms with Gasteiger partial charge in [0.1, 0.15) is 6.04 Å². The van der Waals surface area contributed by atoms with E-state index in [9.17, 15) is 14.9 Å². The summed E-state index contributed by atoms with van der Waals surface area (Å²) in [5.41, 5.74) is 5.59. The summed E-state index contributed by atoms with van der Waals surface area (Å²) >= 11 is 0. The summed E-state index contributed by atoms with van der Waals surface area (Å²) in [6.07, 6.45) is 3.21. The van der Waals surface area contributed by atoms with Crippen LogP contribution in [-0.4, -0.2) is 23.4 Å². The van der Waals surface area contributed by atoms with Gasteiger partial charge in [-0.15, -0.1) is 0 Å². The first-order chi connectivity index (χ1) is 17.5. The van der Waals surface area contributed by atoms with Crippen LogP contribution in [0.4, 0.5) is 0 Å². The number of benzene rings is 3. The fourth-order valence-electron chi connectivity index (χ4n) is 4.47. The highest BCUT2D eigenvalue weighted by Gasteiger charge is 2.33. The quantitative estimate of drug-likeness (QED) is 0.301. The molecule has 0 saturated carbocycles. The lowest BCUT2D eigenvalue weighted by atomic mass is 9.88. The van der Waals surface area contributed by atoms with Crippen molar-refractivity contribution in [3.8, 4) is 17.2 Å². The number of hydrogen-bond acceptors (Lipinski definition) is 5. The van der Waals surface area contributed by atoms with Gasteiger partial charge in [0.2, 0.25) is 11.6 Å². The minimum atomic E-state index is -0.749. The van der Waals surface area contributed by atoms with Gasteiger partial charge in [0.25, 0.3) is 0 Å². The number of unbranched alkanes of at least 4 members (excludes halogenated alkanes) is 1. The lowest BCUT2D eigenvalue weighted by Crippen LogP contribution is -2.47. The highest BCUT2D eigenvalue weighted by atomic mass is 16.2. The highest BCUT2D eigenvalue weighted by molar-refractivity contribution is 6.46. The molecular weight excluding hydrogens is 446 g/mol. The lowest BCUT2D eigenvalue weighted by molar-refractivity contribution is -0.116. The van der Waals surface area contributed by atoms with Gasteiger partial charge in [-0.25, -0.2) is 4.99 Å². The summed E-state index contributed by atoms with van der Waals surface area (Å²) in [6.45, 7) is 3.95. The van der Waals surface area contributed by atoms with Crippen LogP contribution >= 0.6 is 0 Å². The molecule has 1 aliphatic heterocycles. The number of Topliss-reactive ketones (excluding diaryl/α,β-unsaturated/α-hetero) is 2. The number of nitriles is 1. The zero-order valence-electron chi connectivity index (χ0n) is 20.6. The molecule has 0 amide bonds. The molecule has 180 valence electrons. The zero-order chi connectivity index (χ0) is 25.5. The second kappa shape index (κ2) is 11.4. The Labute approximate surface area is 212 Å². The third-order valence-corrected chi connectivity index (χ3v) is 6.37. The van der Waals surface area contributed by atoms with Crippen molar-refractivity contribution in [2.75, 3.05) is 0 Å². The topological polar surface area (TPSA) is 82.3 Å². The molecule has 0 aromatic heterocycles. The molecule has 0 fully saturated rings.